The Kier molecular flexibility index (Phi) is 6.39. The molecule has 2 amide bonds. The molecule has 1 unspecified atom stereocenters. The van der Waals surface area contributed by atoms with Crippen LogP contribution in [0.5, 0.6) is 0 Å². The molecule has 114 valence electrons. The lowest BCUT2D eigenvalue weighted by Gasteiger charge is -2.16. The van der Waals surface area contributed by atoms with E-state index in [2.05, 4.69) is 10.6 Å². The first-order chi connectivity index (χ1) is 9.90. The molecule has 1 aromatic carbocycles. The van der Waals surface area contributed by atoms with Crippen molar-refractivity contribution in [3.8, 4) is 0 Å². The highest BCUT2D eigenvalue weighted by Crippen LogP contribution is 2.00. The van der Waals surface area contributed by atoms with Crippen LogP contribution in [0.4, 0.5) is 4.79 Å². The molecular weight excluding hydrogens is 272 g/mol. The minimum Gasteiger partial charge on any atom is -0.445 e. The molecule has 0 fully saturated rings. The second-order valence-corrected chi connectivity index (χ2v) is 4.77. The molecule has 0 saturated heterocycles. The lowest BCUT2D eigenvalue weighted by molar-refractivity contribution is -0.127. The molecule has 0 radical (unpaired) electrons. The number of carbonyl (C=O) groups excluding carboxylic acids is 3. The number of amides is 2. The Balaban J connectivity index is 2.36. The molecule has 0 heterocycles. The number of benzene rings is 1. The smallest absolute Gasteiger partial charge is 0.408 e. The topological polar surface area (TPSA) is 84.5 Å². The highest BCUT2D eigenvalue weighted by atomic mass is 16.5. The molecule has 0 aromatic heterocycles. The van der Waals surface area contributed by atoms with E-state index < -0.39 is 24.1 Å². The van der Waals surface area contributed by atoms with Gasteiger partial charge in [-0.25, -0.2) is 4.79 Å². The van der Waals surface area contributed by atoms with Gasteiger partial charge in [-0.15, -0.1) is 0 Å². The third-order valence-corrected chi connectivity index (χ3v) is 2.91. The Morgan fingerprint density at radius 2 is 1.67 bits per heavy atom. The zero-order valence-electron chi connectivity index (χ0n) is 12.4. The normalized spacial score (nSPS) is 12.9. The quantitative estimate of drug-likeness (QED) is 0.830. The van der Waals surface area contributed by atoms with Crippen LogP contribution in [0.1, 0.15) is 26.3 Å². The van der Waals surface area contributed by atoms with Crippen LogP contribution in [0.2, 0.25) is 0 Å². The summed E-state index contributed by atoms with van der Waals surface area (Å²) in [6.07, 6.45) is -0.683. The summed E-state index contributed by atoms with van der Waals surface area (Å²) in [6.45, 7) is 4.62. The van der Waals surface area contributed by atoms with Gasteiger partial charge in [-0.3, -0.25) is 9.59 Å². The van der Waals surface area contributed by atoms with Gasteiger partial charge in [-0.2, -0.15) is 0 Å². The van der Waals surface area contributed by atoms with Gasteiger partial charge in [0.2, 0.25) is 5.91 Å². The average Bonchev–Trinajstić information content (AvgIpc) is 2.45. The highest BCUT2D eigenvalue weighted by molar-refractivity contribution is 5.90. The maximum Gasteiger partial charge on any atom is 0.408 e. The van der Waals surface area contributed by atoms with Gasteiger partial charge in [0.25, 0.3) is 0 Å². The first-order valence-electron chi connectivity index (χ1n) is 6.68. The van der Waals surface area contributed by atoms with Crippen LogP contribution in [-0.2, 0) is 20.9 Å². The van der Waals surface area contributed by atoms with Gasteiger partial charge in [0, 0.05) is 0 Å². The predicted molar refractivity (Wildman–Crippen MR) is 77.5 cm³/mol. The number of alkyl carbamates (subject to hydrolysis) is 1. The number of ether oxygens (including phenoxy) is 1. The van der Waals surface area contributed by atoms with Crippen molar-refractivity contribution in [2.45, 2.75) is 39.5 Å². The molecule has 0 bridgehead atoms. The van der Waals surface area contributed by atoms with Crippen molar-refractivity contribution in [2.75, 3.05) is 0 Å². The third kappa shape index (κ3) is 6.07. The Bertz CT molecular complexity index is 502. The van der Waals surface area contributed by atoms with Crippen molar-refractivity contribution in [2.24, 2.45) is 0 Å². The van der Waals surface area contributed by atoms with Crippen molar-refractivity contribution < 1.29 is 19.1 Å². The number of rotatable bonds is 6. The van der Waals surface area contributed by atoms with Gasteiger partial charge < -0.3 is 15.4 Å². The standard InChI is InChI=1S/C15H20N2O4/c1-10(12(3)18)16-14(19)11(2)17-15(20)21-9-13-7-5-4-6-8-13/h4-8,10-11H,9H2,1-3H3,(H,16,19)(H,17,20)/t10?,11-/m1/s1. The van der Waals surface area contributed by atoms with E-state index >= 15 is 0 Å². The van der Waals surface area contributed by atoms with Crippen LogP contribution in [0.25, 0.3) is 0 Å². The largest absolute Gasteiger partial charge is 0.445 e. The van der Waals surface area contributed by atoms with E-state index in [1.54, 1.807) is 6.92 Å². The highest BCUT2D eigenvalue weighted by Gasteiger charge is 2.19. The second kappa shape index (κ2) is 8.04. The number of hydrogen-bond donors (Lipinski definition) is 2. The maximum absolute atomic E-state index is 11.7. The van der Waals surface area contributed by atoms with E-state index in [-0.39, 0.29) is 12.4 Å². The SMILES string of the molecule is CC(=O)C(C)NC(=O)[C@@H](C)NC(=O)OCc1ccccc1. The third-order valence-electron chi connectivity index (χ3n) is 2.91. The van der Waals surface area contributed by atoms with Gasteiger partial charge in [0.05, 0.1) is 6.04 Å². The van der Waals surface area contributed by atoms with Crippen LogP contribution < -0.4 is 10.6 Å². The summed E-state index contributed by atoms with van der Waals surface area (Å²) in [5.74, 6) is -0.587. The molecule has 6 heteroatoms. The van der Waals surface area contributed by atoms with Crippen LogP contribution in [0.3, 0.4) is 0 Å². The summed E-state index contributed by atoms with van der Waals surface area (Å²) < 4.78 is 5.00. The number of ketones is 1. The second-order valence-electron chi connectivity index (χ2n) is 4.77. The Morgan fingerprint density at radius 1 is 1.05 bits per heavy atom. The molecule has 2 atom stereocenters. The van der Waals surface area contributed by atoms with Gasteiger partial charge in [-0.05, 0) is 26.3 Å². The molecule has 6 nitrogen and oxygen atoms in total. The van der Waals surface area contributed by atoms with Gasteiger partial charge in [0.15, 0.2) is 5.78 Å². The van der Waals surface area contributed by atoms with Crippen molar-refractivity contribution in [1.29, 1.82) is 0 Å². The average molecular weight is 292 g/mol. The van der Waals surface area contributed by atoms with Crippen molar-refractivity contribution in [3.05, 3.63) is 35.9 Å². The molecule has 0 aliphatic heterocycles. The molecule has 2 N–H and O–H groups in total. The van der Waals surface area contributed by atoms with Gasteiger partial charge >= 0.3 is 6.09 Å². The maximum atomic E-state index is 11.7. The summed E-state index contributed by atoms with van der Waals surface area (Å²) in [4.78, 5) is 34.4. The number of Topliss-reactive ketones (excluding diaryl/α,β-unsaturated/α-hetero) is 1. The Morgan fingerprint density at radius 3 is 2.24 bits per heavy atom. The van der Waals surface area contributed by atoms with E-state index in [0.29, 0.717) is 0 Å². The summed E-state index contributed by atoms with van der Waals surface area (Å²) >= 11 is 0. The van der Waals surface area contributed by atoms with Crippen molar-refractivity contribution >= 4 is 17.8 Å². The van der Waals surface area contributed by atoms with E-state index in [1.165, 1.54) is 13.8 Å². The van der Waals surface area contributed by atoms with E-state index in [4.69, 9.17) is 4.74 Å². The Labute approximate surface area is 123 Å². The lowest BCUT2D eigenvalue weighted by Crippen LogP contribution is -2.49. The van der Waals surface area contributed by atoms with Crippen molar-refractivity contribution in [3.63, 3.8) is 0 Å². The Hall–Kier alpha value is -2.37. The van der Waals surface area contributed by atoms with Crippen LogP contribution in [0, 0.1) is 0 Å². The summed E-state index contributed by atoms with van der Waals surface area (Å²) in [5.41, 5.74) is 0.856. The molecule has 1 aromatic rings. The molecule has 0 aliphatic carbocycles. The van der Waals surface area contributed by atoms with Crippen LogP contribution >= 0.6 is 0 Å². The fourth-order valence-electron chi connectivity index (χ4n) is 1.45. The van der Waals surface area contributed by atoms with Crippen molar-refractivity contribution in [1.82, 2.24) is 10.6 Å². The molecule has 0 spiro atoms. The van der Waals surface area contributed by atoms with E-state index in [0.717, 1.165) is 5.56 Å². The molecule has 0 aliphatic rings. The summed E-state index contributed by atoms with van der Waals surface area (Å²) in [7, 11) is 0. The van der Waals surface area contributed by atoms with Gasteiger partial charge in [0.1, 0.15) is 12.6 Å². The zero-order valence-corrected chi connectivity index (χ0v) is 12.4. The minimum absolute atomic E-state index is 0.130. The fraction of sp³-hybridized carbons (Fsp3) is 0.400. The van der Waals surface area contributed by atoms with E-state index in [1.807, 2.05) is 30.3 Å². The van der Waals surface area contributed by atoms with E-state index in [9.17, 15) is 14.4 Å². The molecule has 1 rings (SSSR count). The number of hydrogen-bond acceptors (Lipinski definition) is 4. The monoisotopic (exact) mass is 292 g/mol. The van der Waals surface area contributed by atoms with Crippen LogP contribution in [0.15, 0.2) is 30.3 Å². The number of carbonyl (C=O) groups is 3. The first kappa shape index (κ1) is 16.7. The number of nitrogens with one attached hydrogen (secondary N) is 2. The lowest BCUT2D eigenvalue weighted by atomic mass is 10.2. The van der Waals surface area contributed by atoms with Gasteiger partial charge in [-0.1, -0.05) is 30.3 Å². The molecule has 21 heavy (non-hydrogen) atoms. The first-order valence-corrected chi connectivity index (χ1v) is 6.68. The molecular formula is C15H20N2O4. The predicted octanol–water partition coefficient (Wildman–Crippen LogP) is 1.39. The summed E-state index contributed by atoms with van der Waals surface area (Å²) in [5, 5.41) is 4.91. The molecule has 0 saturated carbocycles. The summed E-state index contributed by atoms with van der Waals surface area (Å²) in [6, 6.07) is 7.85. The zero-order chi connectivity index (χ0) is 15.8. The fourth-order valence-corrected chi connectivity index (χ4v) is 1.45. The van der Waals surface area contributed by atoms with Crippen LogP contribution in [-0.4, -0.2) is 29.9 Å². The minimum atomic E-state index is -0.782.